The quantitative estimate of drug-likeness (QED) is 0.440. The molecule has 0 radical (unpaired) electrons. The molecule has 0 N–H and O–H groups in total. The molecule has 0 aromatic heterocycles. The van der Waals surface area contributed by atoms with Crippen LogP contribution in [0.2, 0.25) is 0 Å². The van der Waals surface area contributed by atoms with Gasteiger partial charge in [-0.15, -0.1) is 0 Å². The highest BCUT2D eigenvalue weighted by Crippen LogP contribution is 2.49. The molecule has 0 saturated carbocycles. The highest BCUT2D eigenvalue weighted by molar-refractivity contribution is 9.53. The lowest BCUT2D eigenvalue weighted by molar-refractivity contribution is 0.102. The second-order valence-corrected chi connectivity index (χ2v) is 12.9. The summed E-state index contributed by atoms with van der Waals surface area (Å²) in [7, 11) is -3.73. The number of carbonyl (C=O) groups excluding carboxylic acids is 1. The van der Waals surface area contributed by atoms with E-state index in [1.807, 2.05) is 54.6 Å². The Kier molecular flexibility index (Phi) is 4.52. The van der Waals surface area contributed by atoms with E-state index in [1.165, 1.54) is 0 Å². The third-order valence-corrected chi connectivity index (χ3v) is 10.0. The summed E-state index contributed by atoms with van der Waals surface area (Å²) in [6.45, 7) is 0. The number of benzene rings is 3. The van der Waals surface area contributed by atoms with E-state index in [0.717, 1.165) is 0 Å². The molecule has 0 aliphatic rings. The van der Waals surface area contributed by atoms with Crippen molar-refractivity contribution in [3.8, 4) is 0 Å². The van der Waals surface area contributed by atoms with Crippen LogP contribution in [0, 0.1) is 0 Å². The van der Waals surface area contributed by atoms with Crippen LogP contribution in [0.5, 0.6) is 0 Å². The van der Waals surface area contributed by atoms with Crippen LogP contribution in [-0.4, -0.2) is 15.7 Å². The predicted octanol–water partition coefficient (Wildman–Crippen LogP) is 5.12. The first-order valence-electron chi connectivity index (χ1n) is 7.56. The minimum Gasteiger partial charge on any atom is -0.293 e. The molecule has 3 aromatic carbocycles. The maximum Gasteiger partial charge on any atom is 0.175 e. The number of ketones is 1. The average molecular weight is 401 g/mol. The molecule has 0 bridgehead atoms. The summed E-state index contributed by atoms with van der Waals surface area (Å²) in [5, 5.41) is 0. The summed E-state index contributed by atoms with van der Waals surface area (Å²) in [6, 6.07) is 27.2. The number of hydrogen-bond donors (Lipinski definition) is 0. The van der Waals surface area contributed by atoms with Gasteiger partial charge in [-0.25, -0.2) is 0 Å². The Hall–Kier alpha value is -2.04. The van der Waals surface area contributed by atoms with E-state index in [1.54, 1.807) is 36.4 Å². The first-order chi connectivity index (χ1) is 11.5. The van der Waals surface area contributed by atoms with Crippen molar-refractivity contribution in [1.29, 1.82) is 0 Å². The Balaban J connectivity index is 2.14. The smallest absolute Gasteiger partial charge is 0.175 e. The zero-order valence-electron chi connectivity index (χ0n) is 13.0. The highest BCUT2D eigenvalue weighted by atomic mass is 79.9. The van der Waals surface area contributed by atoms with E-state index in [9.17, 15) is 9.00 Å². The molecule has 122 valence electrons. The molecule has 0 spiro atoms. The second-order valence-electron chi connectivity index (χ2n) is 5.56. The van der Waals surface area contributed by atoms with Gasteiger partial charge in [0, 0.05) is 37.7 Å². The predicted molar refractivity (Wildman–Crippen MR) is 102 cm³/mol. The van der Waals surface area contributed by atoms with Crippen LogP contribution in [0.4, 0.5) is 0 Å². The zero-order valence-corrected chi connectivity index (χ0v) is 15.4. The Bertz CT molecular complexity index is 863. The van der Waals surface area contributed by atoms with Crippen LogP contribution < -0.4 is 0 Å². The zero-order chi connectivity index (χ0) is 17.1. The van der Waals surface area contributed by atoms with E-state index in [2.05, 4.69) is 14.8 Å². The molecule has 0 aliphatic heterocycles. The third-order valence-electron chi connectivity index (χ3n) is 3.91. The van der Waals surface area contributed by atoms with E-state index >= 15 is 0 Å². The number of carbonyl (C=O) groups is 1. The monoisotopic (exact) mass is 400 g/mol. The summed E-state index contributed by atoms with van der Waals surface area (Å²) in [4.78, 5) is 14.0. The maximum absolute atomic E-state index is 14.3. The number of hydrogen-bond acceptors (Lipinski definition) is 2. The Labute approximate surface area is 149 Å². The van der Waals surface area contributed by atoms with Gasteiger partial charge in [0.15, 0.2) is 5.78 Å². The van der Waals surface area contributed by atoms with Crippen LogP contribution in [0.1, 0.15) is 10.4 Å². The number of halogens is 1. The van der Waals surface area contributed by atoms with Gasteiger partial charge in [-0.1, -0.05) is 66.7 Å². The Morgan fingerprint density at radius 2 is 1.08 bits per heavy atom. The van der Waals surface area contributed by atoms with Crippen LogP contribution in [0.25, 0.3) is 0 Å². The number of rotatable bonds is 5. The van der Waals surface area contributed by atoms with Crippen molar-refractivity contribution in [2.45, 2.75) is 9.79 Å². The molecular formula is C20H17BrO2S. The molecule has 3 rings (SSSR count). The van der Waals surface area contributed by atoms with Crippen LogP contribution >= 0.6 is 14.8 Å². The third kappa shape index (κ3) is 3.12. The van der Waals surface area contributed by atoms with Crippen molar-refractivity contribution in [2.24, 2.45) is 0 Å². The topological polar surface area (TPSA) is 34.1 Å². The molecule has 2 nitrogen and oxygen atoms in total. The highest BCUT2D eigenvalue weighted by Gasteiger charge is 2.40. The van der Waals surface area contributed by atoms with Crippen molar-refractivity contribution < 1.29 is 9.00 Å². The molecule has 3 aromatic rings. The second kappa shape index (κ2) is 6.46. The minimum atomic E-state index is -3.73. The lowest BCUT2D eigenvalue weighted by atomic mass is 10.2. The van der Waals surface area contributed by atoms with Crippen molar-refractivity contribution in [1.82, 2.24) is 0 Å². The van der Waals surface area contributed by atoms with Gasteiger partial charge < -0.3 is 0 Å². The standard InChI is InChI=1S/C20H17BrO2S/c21-24(23,18-12-6-2-7-13-18,19-14-8-3-9-15-19)16-20(22)17-10-4-1-5-11-17/h1-15H,16H2. The van der Waals surface area contributed by atoms with Gasteiger partial charge in [0.25, 0.3) is 0 Å². The van der Waals surface area contributed by atoms with E-state index in [4.69, 9.17) is 0 Å². The normalized spacial score (nSPS) is 13.0. The van der Waals surface area contributed by atoms with E-state index in [0.29, 0.717) is 15.4 Å². The van der Waals surface area contributed by atoms with E-state index < -0.39 is 7.50 Å². The lowest BCUT2D eigenvalue weighted by Gasteiger charge is -2.36. The van der Waals surface area contributed by atoms with Gasteiger partial charge in [0.05, 0.1) is 5.75 Å². The first-order valence-corrected chi connectivity index (χ1v) is 11.5. The summed E-state index contributed by atoms with van der Waals surface area (Å²) in [5.74, 6) is -0.271. The largest absolute Gasteiger partial charge is 0.293 e. The SMILES string of the molecule is O=C(CS(=O)(Br)(c1ccccc1)c1ccccc1)c1ccccc1. The summed E-state index contributed by atoms with van der Waals surface area (Å²) < 4.78 is 14.3. The minimum absolute atomic E-state index is 0.116. The number of Topliss-reactive ketones (excluding diaryl/α,β-unsaturated/α-hetero) is 1. The van der Waals surface area contributed by atoms with Gasteiger partial charge in [0.2, 0.25) is 0 Å². The molecule has 0 saturated heterocycles. The fraction of sp³-hybridized carbons (Fsp3) is 0.0500. The molecule has 0 fully saturated rings. The molecule has 24 heavy (non-hydrogen) atoms. The summed E-state index contributed by atoms with van der Waals surface area (Å²) in [5.41, 5.74) is 0.558. The van der Waals surface area contributed by atoms with E-state index in [-0.39, 0.29) is 11.5 Å². The Morgan fingerprint density at radius 1 is 0.708 bits per heavy atom. The van der Waals surface area contributed by atoms with Gasteiger partial charge in [-0.3, -0.25) is 9.00 Å². The fourth-order valence-corrected chi connectivity index (χ4v) is 7.19. The lowest BCUT2D eigenvalue weighted by Crippen LogP contribution is -2.34. The van der Waals surface area contributed by atoms with Gasteiger partial charge >= 0.3 is 0 Å². The van der Waals surface area contributed by atoms with Crippen molar-refractivity contribution in [2.75, 3.05) is 5.75 Å². The molecular weight excluding hydrogens is 384 g/mol. The molecule has 0 heterocycles. The summed E-state index contributed by atoms with van der Waals surface area (Å²) in [6.07, 6.45) is 0. The van der Waals surface area contributed by atoms with Gasteiger partial charge in [0.1, 0.15) is 0 Å². The fourth-order valence-electron chi connectivity index (χ4n) is 2.63. The van der Waals surface area contributed by atoms with Crippen molar-refractivity contribution in [3.05, 3.63) is 96.6 Å². The maximum atomic E-state index is 14.3. The van der Waals surface area contributed by atoms with Crippen LogP contribution in [0.15, 0.2) is 101 Å². The summed E-state index contributed by atoms with van der Waals surface area (Å²) >= 11 is 3.54. The molecule has 4 heteroatoms. The van der Waals surface area contributed by atoms with Crippen LogP contribution in [0.3, 0.4) is 0 Å². The molecule has 0 aliphatic carbocycles. The van der Waals surface area contributed by atoms with Crippen LogP contribution in [-0.2, 0) is 7.50 Å². The van der Waals surface area contributed by atoms with Crippen molar-refractivity contribution >= 4 is 28.1 Å². The average Bonchev–Trinajstić information content (AvgIpc) is 2.64. The molecule has 0 unspecified atom stereocenters. The van der Waals surface area contributed by atoms with Crippen molar-refractivity contribution in [3.63, 3.8) is 0 Å². The molecule has 0 atom stereocenters. The Morgan fingerprint density at radius 3 is 1.50 bits per heavy atom. The van der Waals surface area contributed by atoms with Gasteiger partial charge in [-0.2, -0.15) is 0 Å². The molecule has 0 amide bonds. The first kappa shape index (κ1) is 16.8. The van der Waals surface area contributed by atoms with Gasteiger partial charge in [-0.05, 0) is 24.3 Å².